The molecule has 0 aliphatic carbocycles. The second kappa shape index (κ2) is 9.04. The zero-order chi connectivity index (χ0) is 21.2. The normalized spacial score (nSPS) is 14.7. The number of rotatable bonds is 5. The number of thiophene rings is 2. The van der Waals surface area contributed by atoms with Gasteiger partial charge in [-0.1, -0.05) is 35.1 Å². The maximum absolute atomic E-state index is 12.9. The Hall–Kier alpha value is -2.33. The first-order valence-electron chi connectivity index (χ1n) is 9.81. The van der Waals surface area contributed by atoms with Gasteiger partial charge in [0.1, 0.15) is 5.69 Å². The number of anilines is 2. The molecule has 4 aromatic heterocycles. The molecule has 0 unspecified atom stereocenters. The Morgan fingerprint density at radius 2 is 1.77 bits per heavy atom. The summed E-state index contributed by atoms with van der Waals surface area (Å²) in [5, 5.41) is 16.3. The fourth-order valence-corrected chi connectivity index (χ4v) is 6.31. The summed E-state index contributed by atoms with van der Waals surface area (Å²) >= 11 is 10.7. The van der Waals surface area contributed by atoms with Gasteiger partial charge in [0.25, 0.3) is 0 Å². The SMILES string of the molecule is O=C(Nc1nc(-c2cccs2)c(-c2cccs2)s1)C1CCN(c2ccc(Cl)nn2)CC1. The van der Waals surface area contributed by atoms with Crippen LogP contribution in [0.25, 0.3) is 20.3 Å². The van der Waals surface area contributed by atoms with Crippen LogP contribution in [0.1, 0.15) is 12.8 Å². The molecule has 1 N–H and O–H groups in total. The Labute approximate surface area is 196 Å². The van der Waals surface area contributed by atoms with E-state index in [-0.39, 0.29) is 11.8 Å². The van der Waals surface area contributed by atoms with Crippen LogP contribution in [-0.2, 0) is 4.79 Å². The van der Waals surface area contributed by atoms with Crippen molar-refractivity contribution >= 4 is 62.5 Å². The van der Waals surface area contributed by atoms with E-state index in [1.165, 1.54) is 16.2 Å². The summed E-state index contributed by atoms with van der Waals surface area (Å²) in [4.78, 5) is 23.2. The highest BCUT2D eigenvalue weighted by Crippen LogP contribution is 2.42. The monoisotopic (exact) mass is 487 g/mol. The van der Waals surface area contributed by atoms with E-state index < -0.39 is 0 Å². The third-order valence-electron chi connectivity index (χ3n) is 5.16. The van der Waals surface area contributed by atoms with Crippen molar-refractivity contribution in [2.24, 2.45) is 5.92 Å². The lowest BCUT2D eigenvalue weighted by Crippen LogP contribution is -2.38. The molecule has 6 nitrogen and oxygen atoms in total. The molecule has 0 saturated carbocycles. The first-order chi connectivity index (χ1) is 15.2. The van der Waals surface area contributed by atoms with Gasteiger partial charge in [-0.15, -0.1) is 32.9 Å². The molecule has 1 fully saturated rings. The van der Waals surface area contributed by atoms with Gasteiger partial charge in [-0.3, -0.25) is 4.79 Å². The van der Waals surface area contributed by atoms with Crippen LogP contribution in [-0.4, -0.2) is 34.2 Å². The Balaban J connectivity index is 1.28. The van der Waals surface area contributed by atoms with Crippen LogP contribution in [0.2, 0.25) is 5.15 Å². The third-order valence-corrected chi connectivity index (χ3v) is 8.26. The quantitative estimate of drug-likeness (QED) is 0.379. The smallest absolute Gasteiger partial charge is 0.229 e. The first-order valence-corrected chi connectivity index (χ1v) is 12.8. The summed E-state index contributed by atoms with van der Waals surface area (Å²) < 4.78 is 0. The maximum atomic E-state index is 12.9. The van der Waals surface area contributed by atoms with Crippen molar-refractivity contribution in [2.45, 2.75) is 12.8 Å². The molecule has 0 bridgehead atoms. The largest absolute Gasteiger partial charge is 0.355 e. The van der Waals surface area contributed by atoms with Crippen molar-refractivity contribution in [1.82, 2.24) is 15.2 Å². The van der Waals surface area contributed by atoms with Crippen LogP contribution < -0.4 is 10.2 Å². The van der Waals surface area contributed by atoms with Crippen LogP contribution >= 0.6 is 45.6 Å². The molecule has 4 aromatic rings. The average molecular weight is 488 g/mol. The molecule has 1 saturated heterocycles. The molecule has 0 spiro atoms. The van der Waals surface area contributed by atoms with Crippen molar-refractivity contribution in [2.75, 3.05) is 23.3 Å². The molecule has 1 amide bonds. The number of thiazole rings is 1. The van der Waals surface area contributed by atoms with Gasteiger partial charge in [-0.05, 0) is 47.9 Å². The number of hydrogen-bond donors (Lipinski definition) is 1. The second-order valence-electron chi connectivity index (χ2n) is 7.12. The van der Waals surface area contributed by atoms with E-state index in [1.54, 1.807) is 28.7 Å². The van der Waals surface area contributed by atoms with Gasteiger partial charge in [0.15, 0.2) is 16.1 Å². The van der Waals surface area contributed by atoms with Crippen molar-refractivity contribution in [3.05, 3.63) is 52.3 Å². The third kappa shape index (κ3) is 4.50. The number of nitrogens with one attached hydrogen (secondary N) is 1. The molecule has 158 valence electrons. The van der Waals surface area contributed by atoms with Gasteiger partial charge in [0.05, 0.1) is 9.75 Å². The predicted molar refractivity (Wildman–Crippen MR) is 129 cm³/mol. The van der Waals surface area contributed by atoms with Gasteiger partial charge >= 0.3 is 0 Å². The summed E-state index contributed by atoms with van der Waals surface area (Å²) in [5.41, 5.74) is 0.939. The highest BCUT2D eigenvalue weighted by Gasteiger charge is 2.27. The maximum Gasteiger partial charge on any atom is 0.229 e. The zero-order valence-corrected chi connectivity index (χ0v) is 19.5. The van der Waals surface area contributed by atoms with Crippen molar-refractivity contribution in [3.8, 4) is 20.3 Å². The lowest BCUT2D eigenvalue weighted by atomic mass is 9.96. The molecule has 1 aliphatic rings. The van der Waals surface area contributed by atoms with E-state index in [1.807, 2.05) is 23.6 Å². The molecular weight excluding hydrogens is 470 g/mol. The number of aromatic nitrogens is 3. The fourth-order valence-electron chi connectivity index (χ4n) is 3.58. The number of carbonyl (C=O) groups excluding carboxylic acids is 1. The molecule has 5 rings (SSSR count). The number of halogens is 1. The molecule has 5 heterocycles. The predicted octanol–water partition coefficient (Wildman–Crippen LogP) is 5.90. The van der Waals surface area contributed by atoms with E-state index in [0.717, 1.165) is 47.2 Å². The van der Waals surface area contributed by atoms with Gasteiger partial charge in [-0.25, -0.2) is 4.98 Å². The first kappa shape index (κ1) is 20.6. The van der Waals surface area contributed by atoms with Crippen molar-refractivity contribution < 1.29 is 4.79 Å². The fraction of sp³-hybridized carbons (Fsp3) is 0.238. The lowest BCUT2D eigenvalue weighted by molar-refractivity contribution is -0.120. The van der Waals surface area contributed by atoms with Gasteiger partial charge in [-0.2, -0.15) is 0 Å². The molecule has 0 aromatic carbocycles. The number of hydrogen-bond acceptors (Lipinski definition) is 8. The Bertz CT molecular complexity index is 1100. The number of carbonyl (C=O) groups is 1. The Morgan fingerprint density at radius 1 is 1.03 bits per heavy atom. The zero-order valence-electron chi connectivity index (χ0n) is 16.3. The standard InChI is InChI=1S/C21H18ClN5OS3/c22-16-5-6-17(26-25-16)27-9-7-13(8-10-27)20(28)24-21-23-18(14-3-1-11-29-14)19(31-21)15-4-2-12-30-15/h1-6,11-13H,7-10H2,(H,23,24,28). The molecule has 1 aliphatic heterocycles. The molecule has 31 heavy (non-hydrogen) atoms. The number of amides is 1. The van der Waals surface area contributed by atoms with Gasteiger partial charge < -0.3 is 10.2 Å². The Kier molecular flexibility index (Phi) is 5.99. The van der Waals surface area contributed by atoms with Crippen LogP contribution in [0.4, 0.5) is 10.9 Å². The minimum Gasteiger partial charge on any atom is -0.355 e. The summed E-state index contributed by atoms with van der Waals surface area (Å²) in [5.74, 6) is 0.784. The minimum absolute atomic E-state index is 0.0334. The van der Waals surface area contributed by atoms with Crippen LogP contribution in [0.3, 0.4) is 0 Å². The summed E-state index contributed by atoms with van der Waals surface area (Å²) in [6, 6.07) is 11.8. The van der Waals surface area contributed by atoms with E-state index in [2.05, 4.69) is 37.9 Å². The summed E-state index contributed by atoms with van der Waals surface area (Å²) in [6.07, 6.45) is 1.52. The van der Waals surface area contributed by atoms with Crippen molar-refractivity contribution in [1.29, 1.82) is 0 Å². The van der Waals surface area contributed by atoms with Crippen LogP contribution in [0, 0.1) is 5.92 Å². The topological polar surface area (TPSA) is 71.0 Å². The van der Waals surface area contributed by atoms with E-state index in [0.29, 0.717) is 10.3 Å². The van der Waals surface area contributed by atoms with Gasteiger partial charge in [0.2, 0.25) is 5.91 Å². The van der Waals surface area contributed by atoms with E-state index in [4.69, 9.17) is 16.6 Å². The average Bonchev–Trinajstić information content (AvgIpc) is 3.55. The van der Waals surface area contributed by atoms with E-state index >= 15 is 0 Å². The molecule has 0 radical (unpaired) electrons. The highest BCUT2D eigenvalue weighted by atomic mass is 35.5. The Morgan fingerprint density at radius 3 is 2.42 bits per heavy atom. The van der Waals surface area contributed by atoms with Crippen LogP contribution in [0.15, 0.2) is 47.2 Å². The number of piperidine rings is 1. The minimum atomic E-state index is -0.0456. The molecular formula is C21H18ClN5OS3. The second-order valence-corrected chi connectivity index (χ2v) is 10.4. The lowest BCUT2D eigenvalue weighted by Gasteiger charge is -2.31. The van der Waals surface area contributed by atoms with E-state index in [9.17, 15) is 4.79 Å². The number of nitrogens with zero attached hydrogens (tertiary/aromatic N) is 4. The van der Waals surface area contributed by atoms with Gasteiger partial charge in [0, 0.05) is 23.9 Å². The molecule has 10 heteroatoms. The van der Waals surface area contributed by atoms with Crippen molar-refractivity contribution in [3.63, 3.8) is 0 Å². The molecule has 0 atom stereocenters. The summed E-state index contributed by atoms with van der Waals surface area (Å²) in [7, 11) is 0. The summed E-state index contributed by atoms with van der Waals surface area (Å²) in [6.45, 7) is 1.51. The van der Waals surface area contributed by atoms with Crippen LogP contribution in [0.5, 0.6) is 0 Å². The highest BCUT2D eigenvalue weighted by molar-refractivity contribution is 7.24.